The van der Waals surface area contributed by atoms with Crippen LogP contribution >= 0.6 is 11.6 Å². The number of Topliss-reactive ketones (excluding diaryl/α,β-unsaturated/α-hetero) is 1. The molecule has 0 aliphatic carbocycles. The van der Waals surface area contributed by atoms with E-state index in [0.29, 0.717) is 21.8 Å². The van der Waals surface area contributed by atoms with E-state index in [9.17, 15) is 24.8 Å². The molecule has 1 N–H and O–H groups in total. The van der Waals surface area contributed by atoms with Gasteiger partial charge in [0.25, 0.3) is 17.4 Å². The lowest BCUT2D eigenvalue weighted by Gasteiger charge is -2.25. The van der Waals surface area contributed by atoms with Crippen molar-refractivity contribution >= 4 is 40.4 Å². The Morgan fingerprint density at radius 2 is 1.55 bits per heavy atom. The van der Waals surface area contributed by atoms with Gasteiger partial charge in [0.15, 0.2) is 0 Å². The van der Waals surface area contributed by atoms with E-state index >= 15 is 0 Å². The lowest BCUT2D eigenvalue weighted by Crippen LogP contribution is -2.29. The molecule has 1 aliphatic rings. The van der Waals surface area contributed by atoms with Gasteiger partial charge in [0.2, 0.25) is 0 Å². The lowest BCUT2D eigenvalue weighted by atomic mass is 9.95. The number of ketones is 1. The number of amides is 1. The number of nitrogens with zero attached hydrogens (tertiary/aromatic N) is 2. The second-order valence-electron chi connectivity index (χ2n) is 6.86. The van der Waals surface area contributed by atoms with Gasteiger partial charge in [-0.1, -0.05) is 41.9 Å². The molecule has 0 bridgehead atoms. The molecule has 8 heteroatoms. The molecule has 154 valence electrons. The molecular weight excluding hydrogens is 420 g/mol. The van der Waals surface area contributed by atoms with Crippen LogP contribution in [-0.2, 0) is 9.59 Å². The number of nitro benzene ring substituents is 1. The first-order valence-electron chi connectivity index (χ1n) is 9.25. The Morgan fingerprint density at radius 3 is 2.13 bits per heavy atom. The summed E-state index contributed by atoms with van der Waals surface area (Å²) in [6.45, 7) is 0. The highest BCUT2D eigenvalue weighted by molar-refractivity contribution is 6.51. The molecule has 0 saturated carbocycles. The summed E-state index contributed by atoms with van der Waals surface area (Å²) in [6.07, 6.45) is 0. The summed E-state index contributed by atoms with van der Waals surface area (Å²) in [4.78, 5) is 37.7. The van der Waals surface area contributed by atoms with Crippen LogP contribution in [0.25, 0.3) is 5.76 Å². The zero-order chi connectivity index (χ0) is 22.1. The number of aliphatic hydroxyl groups excluding tert-OH is 1. The van der Waals surface area contributed by atoms with E-state index in [0.717, 1.165) is 0 Å². The molecule has 3 aromatic rings. The quantitative estimate of drug-likeness (QED) is 0.207. The average Bonchev–Trinajstić information content (AvgIpc) is 3.05. The maximum Gasteiger partial charge on any atom is 0.300 e. The Labute approximate surface area is 182 Å². The van der Waals surface area contributed by atoms with Gasteiger partial charge in [-0.3, -0.25) is 24.6 Å². The number of hydrogen-bond acceptors (Lipinski definition) is 5. The number of non-ortho nitro benzene ring substituents is 1. The average molecular weight is 435 g/mol. The predicted molar refractivity (Wildman–Crippen MR) is 116 cm³/mol. The molecule has 7 nitrogen and oxygen atoms in total. The highest BCUT2D eigenvalue weighted by Gasteiger charge is 2.47. The van der Waals surface area contributed by atoms with Crippen molar-refractivity contribution < 1.29 is 19.6 Å². The molecule has 1 aliphatic heterocycles. The fraction of sp³-hybridized carbons (Fsp3) is 0.0435. The van der Waals surface area contributed by atoms with Crippen molar-refractivity contribution in [3.05, 3.63) is 111 Å². The zero-order valence-corrected chi connectivity index (χ0v) is 16.7. The van der Waals surface area contributed by atoms with Crippen molar-refractivity contribution in [3.8, 4) is 0 Å². The third kappa shape index (κ3) is 3.67. The van der Waals surface area contributed by atoms with Gasteiger partial charge in [0.05, 0.1) is 16.5 Å². The Balaban J connectivity index is 1.93. The summed E-state index contributed by atoms with van der Waals surface area (Å²) in [5.41, 5.74) is 0.998. The molecule has 31 heavy (non-hydrogen) atoms. The van der Waals surface area contributed by atoms with Crippen LogP contribution in [0.2, 0.25) is 5.02 Å². The second-order valence-corrected chi connectivity index (χ2v) is 7.30. The molecule has 1 fully saturated rings. The summed E-state index contributed by atoms with van der Waals surface area (Å²) >= 11 is 5.96. The molecule has 0 spiro atoms. The minimum atomic E-state index is -0.970. The van der Waals surface area contributed by atoms with E-state index < -0.39 is 22.7 Å². The van der Waals surface area contributed by atoms with Gasteiger partial charge in [-0.2, -0.15) is 0 Å². The topological polar surface area (TPSA) is 101 Å². The molecule has 1 saturated heterocycles. The Hall–Kier alpha value is -3.97. The third-order valence-electron chi connectivity index (χ3n) is 5.02. The van der Waals surface area contributed by atoms with Crippen molar-refractivity contribution in [2.45, 2.75) is 6.04 Å². The molecule has 1 heterocycles. The molecule has 1 amide bonds. The SMILES string of the molecule is O=C1C(=O)N(c2ccc(Cl)cc2)[C@@H](c2ccc([N+](=O)[O-])cc2)/C1=C(\O)c1ccccc1. The van der Waals surface area contributed by atoms with Crippen LogP contribution in [0.5, 0.6) is 0 Å². The van der Waals surface area contributed by atoms with Crippen molar-refractivity contribution in [2.24, 2.45) is 0 Å². The van der Waals surface area contributed by atoms with Crippen molar-refractivity contribution in [1.29, 1.82) is 0 Å². The normalized spacial score (nSPS) is 17.7. The summed E-state index contributed by atoms with van der Waals surface area (Å²) in [5, 5.41) is 22.4. The number of anilines is 1. The zero-order valence-electron chi connectivity index (χ0n) is 15.9. The maximum absolute atomic E-state index is 13.0. The first kappa shape index (κ1) is 20.3. The first-order chi connectivity index (χ1) is 14.9. The van der Waals surface area contributed by atoms with Gasteiger partial charge in [-0.25, -0.2) is 0 Å². The number of nitro groups is 1. The Bertz CT molecular complexity index is 1200. The highest BCUT2D eigenvalue weighted by Crippen LogP contribution is 2.42. The van der Waals surface area contributed by atoms with Crippen LogP contribution in [0, 0.1) is 10.1 Å². The summed E-state index contributed by atoms with van der Waals surface area (Å²) in [6, 6.07) is 19.3. The van der Waals surface area contributed by atoms with Crippen LogP contribution in [0.1, 0.15) is 17.2 Å². The molecule has 0 radical (unpaired) electrons. The van der Waals surface area contributed by atoms with Crippen molar-refractivity contribution in [2.75, 3.05) is 4.90 Å². The van der Waals surface area contributed by atoms with Gasteiger partial charge >= 0.3 is 0 Å². The summed E-state index contributed by atoms with van der Waals surface area (Å²) in [7, 11) is 0. The standard InChI is InChI=1S/C23H15ClN2O5/c24-16-8-12-17(13-9-16)25-20(14-6-10-18(11-7-14)26(30)31)19(22(28)23(25)29)21(27)15-4-2-1-3-5-15/h1-13,20,27H/b21-19+/t20-/m0/s1. The van der Waals surface area contributed by atoms with Crippen molar-refractivity contribution in [1.82, 2.24) is 0 Å². The number of carbonyl (C=O) groups excluding carboxylic acids is 2. The molecule has 0 unspecified atom stereocenters. The molecular formula is C23H15ClN2O5. The van der Waals surface area contributed by atoms with Gasteiger partial charge in [0, 0.05) is 28.4 Å². The number of aliphatic hydroxyl groups is 1. The monoisotopic (exact) mass is 434 g/mol. The third-order valence-corrected chi connectivity index (χ3v) is 5.27. The van der Waals surface area contributed by atoms with Gasteiger partial charge in [-0.05, 0) is 42.0 Å². The fourth-order valence-corrected chi connectivity index (χ4v) is 3.67. The Morgan fingerprint density at radius 1 is 0.935 bits per heavy atom. The van der Waals surface area contributed by atoms with E-state index in [2.05, 4.69) is 0 Å². The molecule has 4 rings (SSSR count). The van der Waals surface area contributed by atoms with Crippen LogP contribution < -0.4 is 4.90 Å². The first-order valence-corrected chi connectivity index (χ1v) is 9.62. The maximum atomic E-state index is 13.0. The number of hydrogen-bond donors (Lipinski definition) is 1. The van der Waals surface area contributed by atoms with E-state index in [4.69, 9.17) is 11.6 Å². The van der Waals surface area contributed by atoms with Crippen molar-refractivity contribution in [3.63, 3.8) is 0 Å². The number of benzene rings is 3. The summed E-state index contributed by atoms with van der Waals surface area (Å²) in [5.74, 6) is -1.98. The molecule has 1 atom stereocenters. The largest absolute Gasteiger partial charge is 0.507 e. The predicted octanol–water partition coefficient (Wildman–Crippen LogP) is 4.87. The van der Waals surface area contributed by atoms with E-state index in [1.165, 1.54) is 29.2 Å². The minimum Gasteiger partial charge on any atom is -0.507 e. The van der Waals surface area contributed by atoms with E-state index in [1.54, 1.807) is 54.6 Å². The van der Waals surface area contributed by atoms with E-state index in [1.807, 2.05) is 0 Å². The fourth-order valence-electron chi connectivity index (χ4n) is 3.55. The molecule has 0 aromatic heterocycles. The number of halogens is 1. The summed E-state index contributed by atoms with van der Waals surface area (Å²) < 4.78 is 0. The Kier molecular flexibility index (Phi) is 5.27. The van der Waals surface area contributed by atoms with Crippen LogP contribution in [0.3, 0.4) is 0 Å². The molecule has 3 aromatic carbocycles. The lowest BCUT2D eigenvalue weighted by molar-refractivity contribution is -0.384. The van der Waals surface area contributed by atoms with Gasteiger partial charge < -0.3 is 5.11 Å². The van der Waals surface area contributed by atoms with Gasteiger partial charge in [-0.15, -0.1) is 0 Å². The smallest absolute Gasteiger partial charge is 0.300 e. The number of carbonyl (C=O) groups is 2. The minimum absolute atomic E-state index is 0.0972. The van der Waals surface area contributed by atoms with Crippen LogP contribution in [0.4, 0.5) is 11.4 Å². The van der Waals surface area contributed by atoms with Gasteiger partial charge in [0.1, 0.15) is 5.76 Å². The van der Waals surface area contributed by atoms with Crippen LogP contribution in [0.15, 0.2) is 84.4 Å². The highest BCUT2D eigenvalue weighted by atomic mass is 35.5. The van der Waals surface area contributed by atoms with E-state index in [-0.39, 0.29) is 17.0 Å². The second kappa shape index (κ2) is 8.04. The van der Waals surface area contributed by atoms with Crippen LogP contribution in [-0.4, -0.2) is 21.7 Å². The number of rotatable bonds is 4.